The highest BCUT2D eigenvalue weighted by atomic mass is 35.5. The van der Waals surface area contributed by atoms with Gasteiger partial charge in [0.2, 0.25) is 0 Å². The number of ether oxygens (including phenoxy) is 1. The van der Waals surface area contributed by atoms with Crippen molar-refractivity contribution in [1.82, 2.24) is 0 Å². The SMILES string of the molecule is C=CCOc1ccc(C2C(C#N)=C(N)N(c3ccc(Cl)cc3)C3=C2C(=O)CC(C)(C)C3)cc1. The average Bonchev–Trinajstić information content (AvgIpc) is 2.77. The number of rotatable bonds is 5. The molecule has 2 aliphatic rings. The molecule has 0 radical (unpaired) electrons. The molecule has 0 spiro atoms. The van der Waals surface area contributed by atoms with Crippen LogP contribution in [0.5, 0.6) is 5.75 Å². The van der Waals surface area contributed by atoms with Crippen LogP contribution in [0.2, 0.25) is 5.02 Å². The molecule has 1 atom stereocenters. The number of hydrogen-bond donors (Lipinski definition) is 1. The summed E-state index contributed by atoms with van der Waals surface area (Å²) in [5.74, 6) is 0.544. The minimum atomic E-state index is -0.523. The molecule has 0 saturated carbocycles. The second kappa shape index (κ2) is 8.80. The van der Waals surface area contributed by atoms with E-state index >= 15 is 0 Å². The molecule has 2 aromatic rings. The highest BCUT2D eigenvalue weighted by Crippen LogP contribution is 2.50. The van der Waals surface area contributed by atoms with Crippen molar-refractivity contribution in [3.05, 3.63) is 94.4 Å². The number of nitrogens with two attached hydrogens (primary N) is 1. The number of allylic oxidation sites excluding steroid dienone is 3. The fraction of sp³-hybridized carbons (Fsp3) is 0.259. The van der Waals surface area contributed by atoms with E-state index < -0.39 is 5.92 Å². The summed E-state index contributed by atoms with van der Waals surface area (Å²) in [6, 6.07) is 17.0. The Hall–Kier alpha value is -3.49. The first-order valence-electron chi connectivity index (χ1n) is 10.8. The fourth-order valence-electron chi connectivity index (χ4n) is 4.64. The second-order valence-electron chi connectivity index (χ2n) is 9.13. The van der Waals surface area contributed by atoms with Crippen LogP contribution in [0.4, 0.5) is 5.69 Å². The van der Waals surface area contributed by atoms with E-state index in [9.17, 15) is 10.1 Å². The molecule has 0 fully saturated rings. The van der Waals surface area contributed by atoms with Crippen molar-refractivity contribution in [2.24, 2.45) is 11.1 Å². The topological polar surface area (TPSA) is 79.3 Å². The summed E-state index contributed by atoms with van der Waals surface area (Å²) in [7, 11) is 0. The minimum absolute atomic E-state index is 0.0393. The van der Waals surface area contributed by atoms with Gasteiger partial charge in [-0.3, -0.25) is 9.69 Å². The van der Waals surface area contributed by atoms with E-state index in [1.165, 1.54) is 0 Å². The maximum Gasteiger partial charge on any atom is 0.162 e. The lowest BCUT2D eigenvalue weighted by atomic mass is 9.68. The fourth-order valence-corrected chi connectivity index (χ4v) is 4.76. The van der Waals surface area contributed by atoms with E-state index in [0.29, 0.717) is 47.2 Å². The van der Waals surface area contributed by atoms with Gasteiger partial charge in [0, 0.05) is 28.4 Å². The van der Waals surface area contributed by atoms with Gasteiger partial charge in [-0.25, -0.2) is 0 Å². The molecule has 1 heterocycles. The van der Waals surface area contributed by atoms with Crippen LogP contribution in [-0.4, -0.2) is 12.4 Å². The van der Waals surface area contributed by atoms with Crippen molar-refractivity contribution < 1.29 is 9.53 Å². The highest BCUT2D eigenvalue weighted by molar-refractivity contribution is 6.30. The third-order valence-electron chi connectivity index (χ3n) is 6.05. The molecule has 4 rings (SSSR count). The van der Waals surface area contributed by atoms with Crippen LogP contribution in [0.3, 0.4) is 0 Å². The zero-order chi connectivity index (χ0) is 23.8. The Labute approximate surface area is 199 Å². The molecular weight excluding hydrogens is 434 g/mol. The third kappa shape index (κ3) is 4.27. The summed E-state index contributed by atoms with van der Waals surface area (Å²) < 4.78 is 5.59. The van der Waals surface area contributed by atoms with Gasteiger partial charge in [0.05, 0.1) is 17.6 Å². The van der Waals surface area contributed by atoms with Gasteiger partial charge in [-0.05, 0) is 53.8 Å². The number of carbonyl (C=O) groups excluding carboxylic acids is 1. The van der Waals surface area contributed by atoms with E-state index in [1.807, 2.05) is 41.3 Å². The van der Waals surface area contributed by atoms with Crippen molar-refractivity contribution in [2.45, 2.75) is 32.6 Å². The third-order valence-corrected chi connectivity index (χ3v) is 6.30. The number of halogens is 1. The molecule has 0 bridgehead atoms. The summed E-state index contributed by atoms with van der Waals surface area (Å²) in [6.45, 7) is 8.22. The lowest BCUT2D eigenvalue weighted by Gasteiger charge is -2.43. The van der Waals surface area contributed by atoms with Gasteiger partial charge in [0.25, 0.3) is 0 Å². The molecule has 33 heavy (non-hydrogen) atoms. The first-order chi connectivity index (χ1) is 15.8. The van der Waals surface area contributed by atoms with Gasteiger partial charge in [0.15, 0.2) is 5.78 Å². The molecular formula is C27H26ClN3O2. The molecule has 1 aliphatic carbocycles. The monoisotopic (exact) mass is 459 g/mol. The smallest absolute Gasteiger partial charge is 0.162 e. The standard InChI is InChI=1S/C27H26ClN3O2/c1-4-13-33-20-11-5-17(6-12-20)24-21(16-29)26(30)31(19-9-7-18(28)8-10-19)22-14-27(2,3)15-23(32)25(22)24/h4-12,24H,1,13-15,30H2,2-3H3. The van der Waals surface area contributed by atoms with Gasteiger partial charge >= 0.3 is 0 Å². The summed E-state index contributed by atoms with van der Waals surface area (Å²) >= 11 is 6.10. The second-order valence-corrected chi connectivity index (χ2v) is 9.56. The van der Waals surface area contributed by atoms with Gasteiger partial charge < -0.3 is 10.5 Å². The Balaban J connectivity index is 1.89. The summed E-state index contributed by atoms with van der Waals surface area (Å²) in [6.07, 6.45) is 2.75. The zero-order valence-electron chi connectivity index (χ0n) is 18.8. The van der Waals surface area contributed by atoms with Gasteiger partial charge in [0.1, 0.15) is 18.2 Å². The normalized spacial score (nSPS) is 19.8. The molecule has 1 unspecified atom stereocenters. The van der Waals surface area contributed by atoms with Gasteiger partial charge in [-0.15, -0.1) is 0 Å². The number of nitriles is 1. The zero-order valence-corrected chi connectivity index (χ0v) is 19.5. The minimum Gasteiger partial charge on any atom is -0.490 e. The van der Waals surface area contributed by atoms with Gasteiger partial charge in [-0.1, -0.05) is 50.2 Å². The predicted molar refractivity (Wildman–Crippen MR) is 131 cm³/mol. The van der Waals surface area contributed by atoms with E-state index in [1.54, 1.807) is 18.2 Å². The van der Waals surface area contributed by atoms with Gasteiger partial charge in [-0.2, -0.15) is 5.26 Å². The lowest BCUT2D eigenvalue weighted by molar-refractivity contribution is -0.118. The largest absolute Gasteiger partial charge is 0.490 e. The molecule has 5 nitrogen and oxygen atoms in total. The Morgan fingerprint density at radius 1 is 1.21 bits per heavy atom. The van der Waals surface area contributed by atoms with Crippen molar-refractivity contribution in [1.29, 1.82) is 5.26 Å². The quantitative estimate of drug-likeness (QED) is 0.567. The first-order valence-corrected chi connectivity index (χ1v) is 11.2. The van der Waals surface area contributed by atoms with Crippen LogP contribution in [0.15, 0.2) is 83.9 Å². The van der Waals surface area contributed by atoms with Crippen LogP contribution in [-0.2, 0) is 4.79 Å². The first kappa shape index (κ1) is 22.7. The molecule has 0 amide bonds. The number of benzene rings is 2. The molecule has 2 N–H and O–H groups in total. The molecule has 168 valence electrons. The van der Waals surface area contributed by atoms with E-state index in [0.717, 1.165) is 16.9 Å². The summed E-state index contributed by atoms with van der Waals surface area (Å²) in [4.78, 5) is 15.4. The molecule has 6 heteroatoms. The van der Waals surface area contributed by atoms with Crippen molar-refractivity contribution >= 4 is 23.1 Å². The van der Waals surface area contributed by atoms with Crippen LogP contribution in [0.1, 0.15) is 38.2 Å². The molecule has 0 saturated heterocycles. The van der Waals surface area contributed by atoms with E-state index in [4.69, 9.17) is 22.1 Å². The number of Topliss-reactive ketones (excluding diaryl/α,β-unsaturated/α-hetero) is 1. The lowest BCUT2D eigenvalue weighted by Crippen LogP contribution is -2.42. The van der Waals surface area contributed by atoms with Crippen molar-refractivity contribution in [3.8, 4) is 11.8 Å². The van der Waals surface area contributed by atoms with Crippen LogP contribution < -0.4 is 15.4 Å². The van der Waals surface area contributed by atoms with Crippen molar-refractivity contribution in [2.75, 3.05) is 11.5 Å². The number of carbonyl (C=O) groups is 1. The van der Waals surface area contributed by atoms with Crippen LogP contribution in [0.25, 0.3) is 0 Å². The Bertz CT molecular complexity index is 1200. The number of ketones is 1. The Morgan fingerprint density at radius 3 is 2.48 bits per heavy atom. The number of hydrogen-bond acceptors (Lipinski definition) is 5. The summed E-state index contributed by atoms with van der Waals surface area (Å²) in [5.41, 5.74) is 9.85. The van der Waals surface area contributed by atoms with Crippen molar-refractivity contribution in [3.63, 3.8) is 0 Å². The molecule has 0 aromatic heterocycles. The maximum absolute atomic E-state index is 13.5. The average molecular weight is 460 g/mol. The molecule has 1 aliphatic heterocycles. The van der Waals surface area contributed by atoms with E-state index in [-0.39, 0.29) is 11.2 Å². The maximum atomic E-state index is 13.5. The number of anilines is 1. The van der Waals surface area contributed by atoms with Crippen LogP contribution in [0, 0.1) is 16.7 Å². The predicted octanol–water partition coefficient (Wildman–Crippen LogP) is 5.85. The Kier molecular flexibility index (Phi) is 6.05. The summed E-state index contributed by atoms with van der Waals surface area (Å²) in [5, 5.41) is 10.7. The Morgan fingerprint density at radius 2 is 1.88 bits per heavy atom. The van der Waals surface area contributed by atoms with E-state index in [2.05, 4.69) is 26.5 Å². The highest BCUT2D eigenvalue weighted by Gasteiger charge is 2.44. The van der Waals surface area contributed by atoms with Crippen LogP contribution >= 0.6 is 11.6 Å². The number of nitrogens with zero attached hydrogens (tertiary/aromatic N) is 2. The molecule has 2 aromatic carbocycles.